The molecule has 112 valence electrons. The number of hydrogen-bond acceptors (Lipinski definition) is 2. The van der Waals surface area contributed by atoms with Crippen LogP contribution in [0, 0.1) is 0 Å². The first-order chi connectivity index (χ1) is 10.5. The van der Waals surface area contributed by atoms with Crippen molar-refractivity contribution in [3.05, 3.63) is 85.2 Å². The summed E-state index contributed by atoms with van der Waals surface area (Å²) in [5.41, 5.74) is 6.21. The number of rotatable bonds is 6. The van der Waals surface area contributed by atoms with Gasteiger partial charge >= 0.3 is 0 Å². The van der Waals surface area contributed by atoms with Gasteiger partial charge in [0.15, 0.2) is 0 Å². The van der Waals surface area contributed by atoms with Crippen LogP contribution in [0.1, 0.15) is 25.0 Å². The van der Waals surface area contributed by atoms with E-state index in [-0.39, 0.29) is 0 Å². The van der Waals surface area contributed by atoms with Crippen molar-refractivity contribution in [3.8, 4) is 0 Å². The summed E-state index contributed by atoms with van der Waals surface area (Å²) in [6.07, 6.45) is 0. The standard InChI is InChI=1S/C20H22N2/c1-14(2)17-9-8-10-18(13-17)21-16(5)22-20-12-7-6-11-19(20)15(3)4/h6-13,21-22H,1,3,5H2,2,4H3. The summed E-state index contributed by atoms with van der Waals surface area (Å²) >= 11 is 0. The smallest absolute Gasteiger partial charge is 0.100 e. The molecular formula is C20H22N2. The third-order valence-corrected chi connectivity index (χ3v) is 3.32. The highest BCUT2D eigenvalue weighted by Gasteiger charge is 2.04. The van der Waals surface area contributed by atoms with Crippen molar-refractivity contribution in [1.29, 1.82) is 0 Å². The van der Waals surface area contributed by atoms with Crippen molar-refractivity contribution < 1.29 is 0 Å². The number of benzene rings is 2. The van der Waals surface area contributed by atoms with Crippen LogP contribution in [-0.4, -0.2) is 0 Å². The molecule has 0 saturated carbocycles. The minimum Gasteiger partial charge on any atom is -0.342 e. The topological polar surface area (TPSA) is 24.1 Å². The zero-order valence-corrected chi connectivity index (χ0v) is 13.2. The van der Waals surface area contributed by atoms with Gasteiger partial charge in [0, 0.05) is 16.9 Å². The normalized spacial score (nSPS) is 9.91. The number of para-hydroxylation sites is 1. The molecule has 2 aromatic rings. The first-order valence-electron chi connectivity index (χ1n) is 7.21. The van der Waals surface area contributed by atoms with Gasteiger partial charge in [0.1, 0.15) is 5.82 Å². The molecule has 0 spiro atoms. The fourth-order valence-corrected chi connectivity index (χ4v) is 2.19. The monoisotopic (exact) mass is 290 g/mol. The highest BCUT2D eigenvalue weighted by atomic mass is 15.1. The predicted molar refractivity (Wildman–Crippen MR) is 98.7 cm³/mol. The Morgan fingerprint density at radius 1 is 0.818 bits per heavy atom. The summed E-state index contributed by atoms with van der Waals surface area (Å²) in [5.74, 6) is 0.715. The summed E-state index contributed by atoms with van der Waals surface area (Å²) < 4.78 is 0. The van der Waals surface area contributed by atoms with Crippen molar-refractivity contribution in [2.45, 2.75) is 13.8 Å². The molecule has 22 heavy (non-hydrogen) atoms. The van der Waals surface area contributed by atoms with Gasteiger partial charge in [0.2, 0.25) is 0 Å². The van der Waals surface area contributed by atoms with Crippen molar-refractivity contribution >= 4 is 22.5 Å². The Bertz CT molecular complexity index is 726. The molecule has 0 amide bonds. The summed E-state index contributed by atoms with van der Waals surface area (Å²) in [5, 5.41) is 6.58. The van der Waals surface area contributed by atoms with Crippen LogP contribution in [0.3, 0.4) is 0 Å². The highest BCUT2D eigenvalue weighted by molar-refractivity contribution is 5.75. The van der Waals surface area contributed by atoms with Crippen molar-refractivity contribution in [3.63, 3.8) is 0 Å². The molecule has 0 saturated heterocycles. The van der Waals surface area contributed by atoms with Crippen molar-refractivity contribution in [2.75, 3.05) is 10.6 Å². The molecule has 2 aromatic carbocycles. The Hall–Kier alpha value is -2.74. The van der Waals surface area contributed by atoms with Gasteiger partial charge < -0.3 is 10.6 Å². The fourth-order valence-electron chi connectivity index (χ4n) is 2.19. The molecule has 0 heterocycles. The second-order valence-corrected chi connectivity index (χ2v) is 5.42. The van der Waals surface area contributed by atoms with Gasteiger partial charge in [-0.15, -0.1) is 0 Å². The lowest BCUT2D eigenvalue weighted by atomic mass is 10.1. The van der Waals surface area contributed by atoms with E-state index in [1.807, 2.05) is 56.3 Å². The number of anilines is 2. The van der Waals surface area contributed by atoms with Gasteiger partial charge in [-0.3, -0.25) is 0 Å². The number of allylic oxidation sites excluding steroid dienone is 2. The highest BCUT2D eigenvalue weighted by Crippen LogP contribution is 2.24. The van der Waals surface area contributed by atoms with Crippen LogP contribution >= 0.6 is 0 Å². The molecule has 2 N–H and O–H groups in total. The molecular weight excluding hydrogens is 268 g/mol. The van der Waals surface area contributed by atoms with Crippen LogP contribution in [-0.2, 0) is 0 Å². The summed E-state index contributed by atoms with van der Waals surface area (Å²) in [4.78, 5) is 0. The van der Waals surface area contributed by atoms with E-state index in [9.17, 15) is 0 Å². The van der Waals surface area contributed by atoms with Crippen LogP contribution in [0.4, 0.5) is 11.4 Å². The quantitative estimate of drug-likeness (QED) is 0.708. The van der Waals surface area contributed by atoms with Crippen LogP contribution in [0.15, 0.2) is 74.1 Å². The lowest BCUT2D eigenvalue weighted by Crippen LogP contribution is -2.09. The maximum absolute atomic E-state index is 4.05. The van der Waals surface area contributed by atoms with E-state index in [4.69, 9.17) is 0 Å². The summed E-state index contributed by atoms with van der Waals surface area (Å²) in [6, 6.07) is 16.2. The average molecular weight is 290 g/mol. The first kappa shape index (κ1) is 15.6. The molecule has 0 atom stereocenters. The SMILES string of the molecule is C=C(Nc1cccc(C(=C)C)c1)Nc1ccccc1C(=C)C. The Morgan fingerprint density at radius 2 is 1.55 bits per heavy atom. The molecule has 0 aliphatic rings. The molecule has 0 aromatic heterocycles. The van der Waals surface area contributed by atoms with Crippen LogP contribution in [0.25, 0.3) is 11.1 Å². The van der Waals surface area contributed by atoms with Gasteiger partial charge in [0.25, 0.3) is 0 Å². The van der Waals surface area contributed by atoms with E-state index in [0.29, 0.717) is 5.82 Å². The Morgan fingerprint density at radius 3 is 2.23 bits per heavy atom. The molecule has 2 nitrogen and oxygen atoms in total. The van der Waals surface area contributed by atoms with E-state index in [2.05, 4.69) is 36.4 Å². The maximum atomic E-state index is 4.05. The van der Waals surface area contributed by atoms with Crippen molar-refractivity contribution in [2.24, 2.45) is 0 Å². The predicted octanol–water partition coefficient (Wildman–Crippen LogP) is 5.75. The molecule has 0 fully saturated rings. The lowest BCUT2D eigenvalue weighted by Gasteiger charge is -2.16. The summed E-state index contributed by atoms with van der Waals surface area (Å²) in [7, 11) is 0. The Labute approximate surface area is 132 Å². The fraction of sp³-hybridized carbons (Fsp3) is 0.100. The second-order valence-electron chi connectivity index (χ2n) is 5.42. The summed E-state index contributed by atoms with van der Waals surface area (Å²) in [6.45, 7) is 16.0. The molecule has 0 aliphatic carbocycles. The number of nitrogens with one attached hydrogen (secondary N) is 2. The van der Waals surface area contributed by atoms with Crippen LogP contribution in [0.2, 0.25) is 0 Å². The molecule has 0 bridgehead atoms. The second kappa shape index (κ2) is 6.81. The first-order valence-corrected chi connectivity index (χ1v) is 7.21. The molecule has 0 unspecified atom stereocenters. The van der Waals surface area contributed by atoms with Gasteiger partial charge in [-0.05, 0) is 43.2 Å². The Balaban J connectivity index is 2.12. The zero-order chi connectivity index (χ0) is 16.1. The minimum atomic E-state index is 0.715. The zero-order valence-electron chi connectivity index (χ0n) is 13.2. The largest absolute Gasteiger partial charge is 0.342 e. The average Bonchev–Trinajstić information content (AvgIpc) is 2.47. The van der Waals surface area contributed by atoms with E-state index in [0.717, 1.165) is 33.6 Å². The molecule has 0 aliphatic heterocycles. The Kier molecular flexibility index (Phi) is 4.84. The third kappa shape index (κ3) is 3.89. The van der Waals surface area contributed by atoms with Gasteiger partial charge in [-0.1, -0.05) is 55.6 Å². The van der Waals surface area contributed by atoms with Crippen molar-refractivity contribution in [1.82, 2.24) is 0 Å². The molecule has 2 rings (SSSR count). The van der Waals surface area contributed by atoms with E-state index >= 15 is 0 Å². The van der Waals surface area contributed by atoms with Crippen LogP contribution in [0.5, 0.6) is 0 Å². The van der Waals surface area contributed by atoms with Gasteiger partial charge in [-0.2, -0.15) is 0 Å². The minimum absolute atomic E-state index is 0.715. The van der Waals surface area contributed by atoms with E-state index < -0.39 is 0 Å². The molecule has 2 heteroatoms. The molecule has 0 radical (unpaired) electrons. The number of hydrogen-bond donors (Lipinski definition) is 2. The maximum Gasteiger partial charge on any atom is 0.100 e. The van der Waals surface area contributed by atoms with E-state index in [1.54, 1.807) is 0 Å². The van der Waals surface area contributed by atoms with Gasteiger partial charge in [-0.25, -0.2) is 0 Å². The third-order valence-electron chi connectivity index (χ3n) is 3.32. The lowest BCUT2D eigenvalue weighted by molar-refractivity contribution is 1.37. The van der Waals surface area contributed by atoms with E-state index in [1.165, 1.54) is 0 Å². The van der Waals surface area contributed by atoms with Crippen LogP contribution < -0.4 is 10.6 Å². The van der Waals surface area contributed by atoms with Gasteiger partial charge in [0.05, 0.1) is 0 Å².